The van der Waals surface area contributed by atoms with Crippen molar-refractivity contribution in [3.05, 3.63) is 70.5 Å². The number of aliphatic hydroxyl groups excluding tert-OH is 1. The van der Waals surface area contributed by atoms with Crippen LogP contribution in [0.15, 0.2) is 42.5 Å². The standard InChI is InChI=1S/C16H13FO/c1-12-8-14(10-15(9-12)11-18)3-2-13-4-6-16(17)7-5-13/h4-10,18H,11H2,1H3. The van der Waals surface area contributed by atoms with E-state index in [1.807, 2.05) is 25.1 Å². The number of aryl methyl sites for hydroxylation is 1. The molecule has 0 aromatic heterocycles. The molecule has 2 aromatic carbocycles. The highest BCUT2D eigenvalue weighted by Crippen LogP contribution is 2.09. The first kappa shape index (κ1) is 12.3. The highest BCUT2D eigenvalue weighted by Gasteiger charge is 1.95. The Hall–Kier alpha value is -2.11. The molecule has 2 heteroatoms. The largest absolute Gasteiger partial charge is 0.392 e. The van der Waals surface area contributed by atoms with Crippen molar-refractivity contribution in [3.63, 3.8) is 0 Å². The van der Waals surface area contributed by atoms with Gasteiger partial charge in [0.1, 0.15) is 5.82 Å². The number of benzene rings is 2. The Labute approximate surface area is 106 Å². The third-order valence-corrected chi connectivity index (χ3v) is 2.52. The zero-order valence-electron chi connectivity index (χ0n) is 10.1. The Balaban J connectivity index is 2.29. The molecule has 2 aromatic rings. The molecule has 1 N–H and O–H groups in total. The molecule has 1 nitrogen and oxygen atoms in total. The smallest absolute Gasteiger partial charge is 0.123 e. The molecule has 0 aliphatic carbocycles. The van der Waals surface area contributed by atoms with Gasteiger partial charge < -0.3 is 5.11 Å². The Bertz CT molecular complexity index is 603. The maximum Gasteiger partial charge on any atom is 0.123 e. The van der Waals surface area contributed by atoms with Crippen LogP contribution in [-0.4, -0.2) is 5.11 Å². The fourth-order valence-electron chi connectivity index (χ4n) is 1.70. The minimum atomic E-state index is -0.265. The molecule has 0 bridgehead atoms. The number of aliphatic hydroxyl groups is 1. The molecule has 0 saturated carbocycles. The summed E-state index contributed by atoms with van der Waals surface area (Å²) in [5.41, 5.74) is 3.52. The fraction of sp³-hybridized carbons (Fsp3) is 0.125. The van der Waals surface area contributed by atoms with Crippen LogP contribution < -0.4 is 0 Å². The van der Waals surface area contributed by atoms with E-state index in [1.165, 1.54) is 12.1 Å². The summed E-state index contributed by atoms with van der Waals surface area (Å²) < 4.78 is 12.7. The normalized spacial score (nSPS) is 9.72. The van der Waals surface area contributed by atoms with Gasteiger partial charge in [-0.15, -0.1) is 0 Å². The monoisotopic (exact) mass is 240 g/mol. The minimum Gasteiger partial charge on any atom is -0.392 e. The van der Waals surface area contributed by atoms with Crippen molar-refractivity contribution in [3.8, 4) is 11.8 Å². The molecule has 0 fully saturated rings. The van der Waals surface area contributed by atoms with Gasteiger partial charge in [0.15, 0.2) is 0 Å². The third kappa shape index (κ3) is 3.19. The van der Waals surface area contributed by atoms with Crippen LogP contribution in [0, 0.1) is 24.6 Å². The molecule has 0 saturated heterocycles. The summed E-state index contributed by atoms with van der Waals surface area (Å²) in [6.07, 6.45) is 0. The Morgan fingerprint density at radius 1 is 1.00 bits per heavy atom. The minimum absolute atomic E-state index is 0.00685. The van der Waals surface area contributed by atoms with Gasteiger partial charge >= 0.3 is 0 Å². The summed E-state index contributed by atoms with van der Waals surface area (Å²) >= 11 is 0. The molecule has 0 aliphatic rings. The second-order valence-electron chi connectivity index (χ2n) is 4.12. The van der Waals surface area contributed by atoms with Crippen LogP contribution in [0.4, 0.5) is 4.39 Å². The van der Waals surface area contributed by atoms with Gasteiger partial charge in [-0.2, -0.15) is 0 Å². The molecule has 0 radical (unpaired) electrons. The first-order valence-electron chi connectivity index (χ1n) is 5.66. The zero-order valence-corrected chi connectivity index (χ0v) is 10.1. The van der Waals surface area contributed by atoms with E-state index < -0.39 is 0 Å². The maximum absolute atomic E-state index is 12.7. The fourth-order valence-corrected chi connectivity index (χ4v) is 1.70. The van der Waals surface area contributed by atoms with E-state index in [9.17, 15) is 4.39 Å². The quantitative estimate of drug-likeness (QED) is 0.760. The summed E-state index contributed by atoms with van der Waals surface area (Å²) in [5, 5.41) is 9.11. The SMILES string of the molecule is Cc1cc(C#Cc2ccc(F)cc2)cc(CO)c1. The summed E-state index contributed by atoms with van der Waals surface area (Å²) in [6, 6.07) is 11.8. The van der Waals surface area contributed by atoms with Gasteiger partial charge in [-0.3, -0.25) is 0 Å². The molecule has 0 spiro atoms. The molecule has 90 valence electrons. The van der Waals surface area contributed by atoms with Gasteiger partial charge in [0.2, 0.25) is 0 Å². The van der Waals surface area contributed by atoms with Gasteiger partial charge in [0, 0.05) is 11.1 Å². The second kappa shape index (κ2) is 5.48. The molecule has 0 unspecified atom stereocenters. The van der Waals surface area contributed by atoms with E-state index >= 15 is 0 Å². The van der Waals surface area contributed by atoms with Crippen LogP contribution in [-0.2, 0) is 6.61 Å². The number of hydrogen-bond donors (Lipinski definition) is 1. The summed E-state index contributed by atoms with van der Waals surface area (Å²) in [5.74, 6) is 5.72. The maximum atomic E-state index is 12.7. The van der Waals surface area contributed by atoms with Crippen LogP contribution in [0.3, 0.4) is 0 Å². The lowest BCUT2D eigenvalue weighted by Gasteiger charge is -2.00. The van der Waals surface area contributed by atoms with Crippen LogP contribution >= 0.6 is 0 Å². The lowest BCUT2D eigenvalue weighted by Crippen LogP contribution is -1.87. The zero-order chi connectivity index (χ0) is 13.0. The first-order valence-corrected chi connectivity index (χ1v) is 5.66. The molecule has 0 aliphatic heterocycles. The van der Waals surface area contributed by atoms with E-state index in [0.29, 0.717) is 0 Å². The van der Waals surface area contributed by atoms with Gasteiger partial charge in [-0.1, -0.05) is 17.9 Å². The number of halogens is 1. The van der Waals surface area contributed by atoms with Crippen molar-refractivity contribution in [2.24, 2.45) is 0 Å². The summed E-state index contributed by atoms with van der Waals surface area (Å²) in [7, 11) is 0. The van der Waals surface area contributed by atoms with Gasteiger partial charge in [-0.25, -0.2) is 4.39 Å². The lowest BCUT2D eigenvalue weighted by atomic mass is 10.1. The van der Waals surface area contributed by atoms with Crippen LogP contribution in [0.2, 0.25) is 0 Å². The van der Waals surface area contributed by atoms with Crippen molar-refractivity contribution >= 4 is 0 Å². The highest BCUT2D eigenvalue weighted by atomic mass is 19.1. The van der Waals surface area contributed by atoms with Gasteiger partial charge in [-0.05, 0) is 54.4 Å². The van der Waals surface area contributed by atoms with E-state index in [-0.39, 0.29) is 12.4 Å². The molecule has 0 heterocycles. The van der Waals surface area contributed by atoms with E-state index in [0.717, 1.165) is 22.3 Å². The Kier molecular flexibility index (Phi) is 3.76. The average molecular weight is 240 g/mol. The Morgan fingerprint density at radius 2 is 1.67 bits per heavy atom. The van der Waals surface area contributed by atoms with Crippen LogP contribution in [0.5, 0.6) is 0 Å². The number of rotatable bonds is 1. The van der Waals surface area contributed by atoms with Crippen molar-refractivity contribution in [2.45, 2.75) is 13.5 Å². The third-order valence-electron chi connectivity index (χ3n) is 2.52. The Morgan fingerprint density at radius 3 is 2.33 bits per heavy atom. The average Bonchev–Trinajstić information content (AvgIpc) is 2.37. The topological polar surface area (TPSA) is 20.2 Å². The molecular weight excluding hydrogens is 227 g/mol. The predicted molar refractivity (Wildman–Crippen MR) is 69.5 cm³/mol. The van der Waals surface area contributed by atoms with Gasteiger partial charge in [0.05, 0.1) is 6.61 Å². The molecule has 0 atom stereocenters. The van der Waals surface area contributed by atoms with Crippen LogP contribution in [0.1, 0.15) is 22.3 Å². The summed E-state index contributed by atoms with van der Waals surface area (Å²) in [6.45, 7) is 1.97. The second-order valence-corrected chi connectivity index (χ2v) is 4.12. The lowest BCUT2D eigenvalue weighted by molar-refractivity contribution is 0.281. The van der Waals surface area contributed by atoms with Crippen molar-refractivity contribution in [1.29, 1.82) is 0 Å². The first-order chi connectivity index (χ1) is 8.67. The van der Waals surface area contributed by atoms with E-state index in [4.69, 9.17) is 5.11 Å². The van der Waals surface area contributed by atoms with Crippen molar-refractivity contribution < 1.29 is 9.50 Å². The van der Waals surface area contributed by atoms with Crippen molar-refractivity contribution in [1.82, 2.24) is 0 Å². The van der Waals surface area contributed by atoms with E-state index in [1.54, 1.807) is 12.1 Å². The summed E-state index contributed by atoms with van der Waals surface area (Å²) in [4.78, 5) is 0. The predicted octanol–water partition coefficient (Wildman–Crippen LogP) is 3.03. The molecular formula is C16H13FO. The van der Waals surface area contributed by atoms with Crippen molar-refractivity contribution in [2.75, 3.05) is 0 Å². The molecule has 2 rings (SSSR count). The molecule has 0 amide bonds. The van der Waals surface area contributed by atoms with Gasteiger partial charge in [0.25, 0.3) is 0 Å². The molecule has 18 heavy (non-hydrogen) atoms. The van der Waals surface area contributed by atoms with E-state index in [2.05, 4.69) is 11.8 Å². The van der Waals surface area contributed by atoms with Crippen LogP contribution in [0.25, 0.3) is 0 Å². The highest BCUT2D eigenvalue weighted by molar-refractivity contribution is 5.45. The number of hydrogen-bond acceptors (Lipinski definition) is 1.